The zero-order valence-corrected chi connectivity index (χ0v) is 8.46. The van der Waals surface area contributed by atoms with Crippen LogP contribution < -0.4 is 0 Å². The Morgan fingerprint density at radius 3 is 2.33 bits per heavy atom. The molecule has 0 radical (unpaired) electrons. The Bertz CT molecular complexity index is 400. The molecule has 0 amide bonds. The van der Waals surface area contributed by atoms with Crippen LogP contribution in [0.25, 0.3) is 0 Å². The second-order valence-electron chi connectivity index (χ2n) is 2.50. The highest BCUT2D eigenvalue weighted by atomic mass is 35.5. The quantitative estimate of drug-likeness (QED) is 0.527. The van der Waals surface area contributed by atoms with Crippen LogP contribution in [0.15, 0.2) is 23.2 Å². The van der Waals surface area contributed by atoms with E-state index in [-0.39, 0.29) is 5.02 Å². The molecule has 1 nitrogen and oxygen atoms in total. The van der Waals surface area contributed by atoms with Crippen LogP contribution in [0.5, 0.6) is 0 Å². The summed E-state index contributed by atoms with van der Waals surface area (Å²) in [5.41, 5.74) is -0.512. The maximum absolute atomic E-state index is 13.0. The van der Waals surface area contributed by atoms with Crippen LogP contribution >= 0.6 is 23.2 Å². The van der Waals surface area contributed by atoms with Crippen LogP contribution in [0.3, 0.4) is 0 Å². The normalized spacial score (nSPS) is 13.1. The van der Waals surface area contributed by atoms with Crippen molar-refractivity contribution in [3.8, 4) is 0 Å². The van der Waals surface area contributed by atoms with E-state index in [1.165, 1.54) is 6.07 Å². The molecule has 0 saturated carbocycles. The van der Waals surface area contributed by atoms with Crippen LogP contribution in [0.1, 0.15) is 0 Å². The molecule has 1 rings (SSSR count). The van der Waals surface area contributed by atoms with Crippen molar-refractivity contribution < 1.29 is 17.6 Å². The van der Waals surface area contributed by atoms with Gasteiger partial charge in [0.15, 0.2) is 0 Å². The molecule has 0 fully saturated rings. The highest BCUT2D eigenvalue weighted by molar-refractivity contribution is 6.67. The standard InChI is InChI=1S/C8H3Cl2F4N/c9-4-1-2-6(5(11)3-4)15-7(10)8(12,13)14/h1-3H. The maximum atomic E-state index is 13.0. The van der Waals surface area contributed by atoms with Crippen LogP contribution in [-0.4, -0.2) is 11.3 Å². The summed E-state index contributed by atoms with van der Waals surface area (Å²) >= 11 is 10.2. The minimum absolute atomic E-state index is 0.0644. The van der Waals surface area contributed by atoms with E-state index in [0.29, 0.717) is 0 Å². The highest BCUT2D eigenvalue weighted by Crippen LogP contribution is 2.26. The molecule has 0 aliphatic heterocycles. The van der Waals surface area contributed by atoms with Crippen LogP contribution in [0, 0.1) is 5.82 Å². The third-order valence-corrected chi connectivity index (χ3v) is 1.90. The van der Waals surface area contributed by atoms with Gasteiger partial charge in [0, 0.05) is 5.02 Å². The molecule has 0 saturated heterocycles. The molecule has 0 heterocycles. The van der Waals surface area contributed by atoms with E-state index in [2.05, 4.69) is 4.99 Å². The van der Waals surface area contributed by atoms with Crippen LogP contribution in [0.2, 0.25) is 5.02 Å². The molecule has 15 heavy (non-hydrogen) atoms. The molecular weight excluding hydrogens is 257 g/mol. The molecule has 0 atom stereocenters. The number of rotatable bonds is 1. The lowest BCUT2D eigenvalue weighted by molar-refractivity contribution is -0.0558. The number of nitrogens with zero attached hydrogens (tertiary/aromatic N) is 1. The first-order valence-electron chi connectivity index (χ1n) is 3.57. The Balaban J connectivity index is 3.09. The summed E-state index contributed by atoms with van der Waals surface area (Å²) in [6.07, 6.45) is -4.78. The SMILES string of the molecule is Fc1cc(Cl)ccc1N=C(Cl)C(F)(F)F. The molecule has 0 N–H and O–H groups in total. The zero-order valence-electron chi connectivity index (χ0n) is 6.95. The van der Waals surface area contributed by atoms with Crippen molar-refractivity contribution in [2.24, 2.45) is 4.99 Å². The smallest absolute Gasteiger partial charge is 0.229 e. The molecule has 0 spiro atoms. The lowest BCUT2D eigenvalue weighted by Gasteiger charge is -2.03. The van der Waals surface area contributed by atoms with E-state index in [0.717, 1.165) is 12.1 Å². The largest absolute Gasteiger partial charge is 0.444 e. The number of benzene rings is 1. The Kier molecular flexibility index (Phi) is 3.57. The van der Waals surface area contributed by atoms with Gasteiger partial charge in [-0.25, -0.2) is 9.38 Å². The van der Waals surface area contributed by atoms with Crippen molar-refractivity contribution in [2.45, 2.75) is 6.18 Å². The van der Waals surface area contributed by atoms with Crippen molar-refractivity contribution in [2.75, 3.05) is 0 Å². The predicted molar refractivity (Wildman–Crippen MR) is 50.4 cm³/mol. The van der Waals surface area contributed by atoms with E-state index in [1.54, 1.807) is 0 Å². The Morgan fingerprint density at radius 2 is 1.87 bits per heavy atom. The van der Waals surface area contributed by atoms with Gasteiger partial charge < -0.3 is 0 Å². The van der Waals surface area contributed by atoms with E-state index < -0.39 is 22.9 Å². The summed E-state index contributed by atoms with van der Waals surface area (Å²) < 4.78 is 48.8. The molecule has 0 unspecified atom stereocenters. The molecule has 1 aromatic carbocycles. The highest BCUT2D eigenvalue weighted by Gasteiger charge is 2.34. The molecule has 0 bridgehead atoms. The fourth-order valence-corrected chi connectivity index (χ4v) is 0.991. The maximum Gasteiger partial charge on any atom is 0.444 e. The first-order chi connectivity index (χ1) is 6.80. The Morgan fingerprint density at radius 1 is 1.27 bits per heavy atom. The number of aliphatic imine (C=N–C) groups is 1. The van der Waals surface area contributed by atoms with Crippen molar-refractivity contribution in [3.63, 3.8) is 0 Å². The van der Waals surface area contributed by atoms with Gasteiger partial charge in [-0.3, -0.25) is 0 Å². The van der Waals surface area contributed by atoms with Crippen molar-refractivity contribution in [1.82, 2.24) is 0 Å². The number of halogens is 6. The molecule has 82 valence electrons. The number of hydrogen-bond donors (Lipinski definition) is 0. The van der Waals surface area contributed by atoms with E-state index in [9.17, 15) is 17.6 Å². The Labute approximate surface area is 92.3 Å². The van der Waals surface area contributed by atoms with Gasteiger partial charge in [0.1, 0.15) is 11.5 Å². The van der Waals surface area contributed by atoms with Gasteiger partial charge >= 0.3 is 6.18 Å². The summed E-state index contributed by atoms with van der Waals surface area (Å²) in [6, 6.07) is 3.07. The second kappa shape index (κ2) is 4.37. The third kappa shape index (κ3) is 3.35. The summed E-state index contributed by atoms with van der Waals surface area (Å²) in [7, 11) is 0. The molecular formula is C8H3Cl2F4N. The van der Waals surface area contributed by atoms with Gasteiger partial charge in [0.25, 0.3) is 0 Å². The fourth-order valence-electron chi connectivity index (χ4n) is 0.741. The zero-order chi connectivity index (χ0) is 11.6. The minimum atomic E-state index is -4.78. The number of alkyl halides is 3. The van der Waals surface area contributed by atoms with Gasteiger partial charge in [0.05, 0.1) is 0 Å². The molecule has 1 aromatic rings. The third-order valence-electron chi connectivity index (χ3n) is 1.36. The lowest BCUT2D eigenvalue weighted by atomic mass is 10.3. The van der Waals surface area contributed by atoms with Crippen LogP contribution in [-0.2, 0) is 0 Å². The predicted octanol–water partition coefficient (Wildman–Crippen LogP) is 4.31. The van der Waals surface area contributed by atoms with Gasteiger partial charge in [-0.05, 0) is 18.2 Å². The topological polar surface area (TPSA) is 12.4 Å². The summed E-state index contributed by atoms with van der Waals surface area (Å²) in [4.78, 5) is 2.89. The molecule has 0 aliphatic rings. The van der Waals surface area contributed by atoms with Crippen molar-refractivity contribution in [3.05, 3.63) is 29.0 Å². The molecule has 0 aromatic heterocycles. The van der Waals surface area contributed by atoms with E-state index in [4.69, 9.17) is 23.2 Å². The van der Waals surface area contributed by atoms with Gasteiger partial charge in [0.2, 0.25) is 5.17 Å². The van der Waals surface area contributed by atoms with Gasteiger partial charge in [-0.2, -0.15) is 13.2 Å². The molecule has 0 aliphatic carbocycles. The fraction of sp³-hybridized carbons (Fsp3) is 0.125. The van der Waals surface area contributed by atoms with Crippen LogP contribution in [0.4, 0.5) is 23.2 Å². The average Bonchev–Trinajstić information content (AvgIpc) is 2.08. The number of hydrogen-bond acceptors (Lipinski definition) is 1. The van der Waals surface area contributed by atoms with Crippen molar-refractivity contribution >= 4 is 34.1 Å². The lowest BCUT2D eigenvalue weighted by Crippen LogP contribution is -2.16. The van der Waals surface area contributed by atoms with E-state index in [1.807, 2.05) is 0 Å². The monoisotopic (exact) mass is 259 g/mol. The second-order valence-corrected chi connectivity index (χ2v) is 3.29. The summed E-state index contributed by atoms with van der Waals surface area (Å²) in [6.45, 7) is 0. The first kappa shape index (κ1) is 12.3. The average molecular weight is 260 g/mol. The first-order valence-corrected chi connectivity index (χ1v) is 4.33. The van der Waals surface area contributed by atoms with Gasteiger partial charge in [-0.15, -0.1) is 0 Å². The van der Waals surface area contributed by atoms with Crippen molar-refractivity contribution in [1.29, 1.82) is 0 Å². The summed E-state index contributed by atoms with van der Waals surface area (Å²) in [5, 5.41) is -1.57. The molecule has 7 heteroatoms. The minimum Gasteiger partial charge on any atom is -0.229 e. The van der Waals surface area contributed by atoms with Gasteiger partial charge in [-0.1, -0.05) is 23.2 Å². The summed E-state index contributed by atoms with van der Waals surface area (Å²) in [5.74, 6) is -0.968. The Hall–Kier alpha value is -0.810. The van der Waals surface area contributed by atoms with E-state index >= 15 is 0 Å².